The minimum atomic E-state index is 0.752. The molecular formula is C26H17Cl. The quantitative estimate of drug-likeness (QED) is 0.298. The van der Waals surface area contributed by atoms with E-state index < -0.39 is 0 Å². The van der Waals surface area contributed by atoms with Gasteiger partial charge in [0.15, 0.2) is 0 Å². The molecule has 0 spiro atoms. The molecule has 0 nitrogen and oxygen atoms in total. The summed E-state index contributed by atoms with van der Waals surface area (Å²) in [5, 5.41) is 5.72. The Labute approximate surface area is 163 Å². The van der Waals surface area contributed by atoms with Gasteiger partial charge in [0, 0.05) is 5.02 Å². The molecular weight excluding hydrogens is 348 g/mol. The Bertz CT molecular complexity index is 1270. The van der Waals surface area contributed by atoms with Gasteiger partial charge in [-0.3, -0.25) is 0 Å². The molecule has 5 aromatic carbocycles. The van der Waals surface area contributed by atoms with Crippen LogP contribution in [0, 0.1) is 0 Å². The number of fused-ring (bicyclic) bond motifs is 2. The van der Waals surface area contributed by atoms with Crippen LogP contribution in [0.3, 0.4) is 0 Å². The van der Waals surface area contributed by atoms with Crippen molar-refractivity contribution in [3.05, 3.63) is 108 Å². The van der Waals surface area contributed by atoms with Crippen molar-refractivity contribution in [3.63, 3.8) is 0 Å². The molecule has 0 saturated carbocycles. The summed E-state index contributed by atoms with van der Waals surface area (Å²) in [6, 6.07) is 36.2. The summed E-state index contributed by atoms with van der Waals surface area (Å²) in [7, 11) is 0. The van der Waals surface area contributed by atoms with Gasteiger partial charge in [0.25, 0.3) is 0 Å². The van der Waals surface area contributed by atoms with Gasteiger partial charge in [-0.2, -0.15) is 0 Å². The van der Waals surface area contributed by atoms with Crippen molar-refractivity contribution >= 4 is 33.1 Å². The highest BCUT2D eigenvalue weighted by molar-refractivity contribution is 6.31. The predicted octanol–water partition coefficient (Wildman–Crippen LogP) is 7.98. The first-order valence-electron chi connectivity index (χ1n) is 9.07. The van der Waals surface area contributed by atoms with Gasteiger partial charge >= 0.3 is 0 Å². The van der Waals surface area contributed by atoms with Gasteiger partial charge in [0.05, 0.1) is 0 Å². The monoisotopic (exact) mass is 364 g/mol. The third-order valence-electron chi connectivity index (χ3n) is 5.14. The zero-order chi connectivity index (χ0) is 18.2. The third-order valence-corrected chi connectivity index (χ3v) is 5.38. The van der Waals surface area contributed by atoms with Gasteiger partial charge in [0.1, 0.15) is 0 Å². The maximum absolute atomic E-state index is 6.42. The lowest BCUT2D eigenvalue weighted by atomic mass is 9.89. The van der Waals surface area contributed by atoms with Crippen LogP contribution in [0.4, 0.5) is 0 Å². The van der Waals surface area contributed by atoms with Crippen LogP contribution < -0.4 is 0 Å². The van der Waals surface area contributed by atoms with E-state index in [0.29, 0.717) is 0 Å². The summed E-state index contributed by atoms with van der Waals surface area (Å²) in [5.74, 6) is 0. The lowest BCUT2D eigenvalue weighted by molar-refractivity contribution is 1.62. The first-order valence-corrected chi connectivity index (χ1v) is 9.45. The molecule has 0 atom stereocenters. The van der Waals surface area contributed by atoms with Crippen molar-refractivity contribution in [2.75, 3.05) is 0 Å². The molecule has 1 heteroatoms. The summed E-state index contributed by atoms with van der Waals surface area (Å²) in [4.78, 5) is 0. The van der Waals surface area contributed by atoms with Crippen LogP contribution in [0.25, 0.3) is 43.8 Å². The minimum absolute atomic E-state index is 0.752. The average molecular weight is 365 g/mol. The number of hydrogen-bond acceptors (Lipinski definition) is 0. The van der Waals surface area contributed by atoms with Crippen molar-refractivity contribution in [3.8, 4) is 22.3 Å². The molecule has 0 aromatic heterocycles. The standard InChI is InChI=1S/C26H17Cl/c27-20-15-16-25(23-13-5-9-18-7-1-3-11-21(18)23)26(17-20)24-14-6-10-19-8-2-4-12-22(19)24/h1-17H. The first kappa shape index (κ1) is 16.1. The summed E-state index contributed by atoms with van der Waals surface area (Å²) >= 11 is 6.42. The van der Waals surface area contributed by atoms with Gasteiger partial charge in [-0.05, 0) is 55.9 Å². The number of hydrogen-bond donors (Lipinski definition) is 0. The average Bonchev–Trinajstić information content (AvgIpc) is 2.73. The smallest absolute Gasteiger partial charge is 0.0412 e. The van der Waals surface area contributed by atoms with Crippen LogP contribution in [-0.4, -0.2) is 0 Å². The second-order valence-electron chi connectivity index (χ2n) is 6.74. The molecule has 5 aromatic rings. The van der Waals surface area contributed by atoms with E-state index in [9.17, 15) is 0 Å². The molecule has 0 amide bonds. The lowest BCUT2D eigenvalue weighted by Gasteiger charge is -2.15. The Morgan fingerprint density at radius 3 is 1.56 bits per heavy atom. The molecule has 0 bridgehead atoms. The zero-order valence-electron chi connectivity index (χ0n) is 14.7. The molecule has 0 unspecified atom stereocenters. The number of rotatable bonds is 2. The fourth-order valence-electron chi connectivity index (χ4n) is 3.89. The molecule has 0 saturated heterocycles. The second kappa shape index (κ2) is 6.57. The maximum Gasteiger partial charge on any atom is 0.0412 e. The van der Waals surface area contributed by atoms with Gasteiger partial charge in [0.2, 0.25) is 0 Å². The maximum atomic E-state index is 6.42. The summed E-state index contributed by atoms with van der Waals surface area (Å²) in [6.45, 7) is 0. The van der Waals surface area contributed by atoms with Gasteiger partial charge in [-0.25, -0.2) is 0 Å². The van der Waals surface area contributed by atoms with Crippen LogP contribution in [0.15, 0.2) is 103 Å². The Morgan fingerprint density at radius 2 is 0.926 bits per heavy atom. The van der Waals surface area contributed by atoms with Crippen molar-refractivity contribution in [2.24, 2.45) is 0 Å². The molecule has 0 aliphatic heterocycles. The van der Waals surface area contributed by atoms with E-state index >= 15 is 0 Å². The van der Waals surface area contributed by atoms with E-state index in [0.717, 1.165) is 10.6 Å². The highest BCUT2D eigenvalue weighted by Gasteiger charge is 2.13. The van der Waals surface area contributed by atoms with Crippen molar-refractivity contribution in [1.82, 2.24) is 0 Å². The molecule has 128 valence electrons. The first-order chi connectivity index (χ1) is 13.3. The Kier molecular flexibility index (Phi) is 3.92. The number of halogens is 1. The van der Waals surface area contributed by atoms with Crippen molar-refractivity contribution in [1.29, 1.82) is 0 Å². The molecule has 0 aliphatic rings. The zero-order valence-corrected chi connectivity index (χ0v) is 15.4. The van der Waals surface area contributed by atoms with Gasteiger partial charge in [-0.15, -0.1) is 0 Å². The Balaban J connectivity index is 1.86. The molecule has 5 rings (SSSR count). The highest BCUT2D eigenvalue weighted by Crippen LogP contribution is 2.40. The van der Waals surface area contributed by atoms with Crippen molar-refractivity contribution < 1.29 is 0 Å². The Morgan fingerprint density at radius 1 is 0.407 bits per heavy atom. The molecule has 0 fully saturated rings. The summed E-state index contributed by atoms with van der Waals surface area (Å²) < 4.78 is 0. The lowest BCUT2D eigenvalue weighted by Crippen LogP contribution is -1.88. The van der Waals surface area contributed by atoms with Gasteiger partial charge in [-0.1, -0.05) is 103 Å². The van der Waals surface area contributed by atoms with Crippen molar-refractivity contribution in [2.45, 2.75) is 0 Å². The molecule has 27 heavy (non-hydrogen) atoms. The molecule has 0 heterocycles. The van der Waals surface area contributed by atoms with E-state index in [1.165, 1.54) is 38.2 Å². The van der Waals surface area contributed by atoms with Crippen LogP contribution in [-0.2, 0) is 0 Å². The van der Waals surface area contributed by atoms with Crippen LogP contribution in [0.5, 0.6) is 0 Å². The van der Waals surface area contributed by atoms with Gasteiger partial charge < -0.3 is 0 Å². The van der Waals surface area contributed by atoms with E-state index in [2.05, 4.69) is 97.1 Å². The SMILES string of the molecule is Clc1ccc(-c2cccc3ccccc23)c(-c2cccc3ccccc23)c1. The summed E-state index contributed by atoms with van der Waals surface area (Å²) in [5.41, 5.74) is 4.80. The van der Waals surface area contributed by atoms with Crippen LogP contribution in [0.2, 0.25) is 5.02 Å². The second-order valence-corrected chi connectivity index (χ2v) is 7.18. The van der Waals surface area contributed by atoms with E-state index in [1.54, 1.807) is 0 Å². The van der Waals surface area contributed by atoms with Crippen LogP contribution >= 0.6 is 11.6 Å². The fraction of sp³-hybridized carbons (Fsp3) is 0. The van der Waals surface area contributed by atoms with Crippen LogP contribution in [0.1, 0.15) is 0 Å². The molecule has 0 N–H and O–H groups in total. The molecule has 0 aliphatic carbocycles. The minimum Gasteiger partial charge on any atom is -0.0843 e. The topological polar surface area (TPSA) is 0 Å². The third kappa shape index (κ3) is 2.79. The highest BCUT2D eigenvalue weighted by atomic mass is 35.5. The van der Waals surface area contributed by atoms with E-state index in [4.69, 9.17) is 11.6 Å². The molecule has 0 radical (unpaired) electrons. The fourth-order valence-corrected chi connectivity index (χ4v) is 4.07. The predicted molar refractivity (Wildman–Crippen MR) is 117 cm³/mol. The Hall–Kier alpha value is -3.09. The normalized spacial score (nSPS) is 11.1. The van der Waals surface area contributed by atoms with E-state index in [1.807, 2.05) is 6.07 Å². The summed E-state index contributed by atoms with van der Waals surface area (Å²) in [6.07, 6.45) is 0. The largest absolute Gasteiger partial charge is 0.0843 e. The van der Waals surface area contributed by atoms with E-state index in [-0.39, 0.29) is 0 Å². The number of benzene rings is 5.